The summed E-state index contributed by atoms with van der Waals surface area (Å²) in [4.78, 5) is 0. The molecule has 3 nitrogen and oxygen atoms in total. The van der Waals surface area contributed by atoms with Crippen LogP contribution in [0.3, 0.4) is 0 Å². The molecular formula is C22H24ClN3S. The van der Waals surface area contributed by atoms with Crippen molar-refractivity contribution in [3.8, 4) is 11.4 Å². The highest BCUT2D eigenvalue weighted by atomic mass is 35.5. The van der Waals surface area contributed by atoms with Gasteiger partial charge in [-0.25, -0.2) is 0 Å². The fraction of sp³-hybridized carbons (Fsp3) is 0.364. The minimum Gasteiger partial charge on any atom is -0.299 e. The first-order chi connectivity index (χ1) is 13.1. The highest BCUT2D eigenvalue weighted by Gasteiger charge is 2.25. The third-order valence-corrected chi connectivity index (χ3v) is 6.65. The molecule has 0 radical (unpaired) electrons. The van der Waals surface area contributed by atoms with Crippen LogP contribution in [-0.4, -0.2) is 14.8 Å². The lowest BCUT2D eigenvalue weighted by atomic mass is 10.1. The van der Waals surface area contributed by atoms with Crippen LogP contribution in [-0.2, 0) is 5.75 Å². The number of aryl methyl sites for hydroxylation is 2. The number of benzene rings is 2. The standard InChI is InChI=1S/C22H24ClN3S/c1-15-11-12-16(2)17(13-15)14-27-22-25-24-21(19-9-5-6-10-20(19)23)26(22)18-7-3-4-8-18/h5-6,9-13,18H,3-4,7-8,14H2,1-2H3. The molecule has 140 valence electrons. The summed E-state index contributed by atoms with van der Waals surface area (Å²) in [7, 11) is 0. The Morgan fingerprint density at radius 2 is 1.85 bits per heavy atom. The highest BCUT2D eigenvalue weighted by Crippen LogP contribution is 2.38. The van der Waals surface area contributed by atoms with Gasteiger partial charge in [0.15, 0.2) is 11.0 Å². The molecule has 0 amide bonds. The zero-order valence-electron chi connectivity index (χ0n) is 15.8. The van der Waals surface area contributed by atoms with Crippen molar-refractivity contribution in [2.75, 3.05) is 0 Å². The molecule has 1 aliphatic carbocycles. The van der Waals surface area contributed by atoms with Gasteiger partial charge < -0.3 is 0 Å². The largest absolute Gasteiger partial charge is 0.299 e. The van der Waals surface area contributed by atoms with Gasteiger partial charge in [-0.2, -0.15) is 0 Å². The lowest BCUT2D eigenvalue weighted by Crippen LogP contribution is -2.08. The minimum atomic E-state index is 0.465. The maximum absolute atomic E-state index is 6.47. The van der Waals surface area contributed by atoms with Gasteiger partial charge in [0.1, 0.15) is 0 Å². The van der Waals surface area contributed by atoms with E-state index in [2.05, 4.69) is 46.8 Å². The molecular weight excluding hydrogens is 374 g/mol. The molecule has 0 atom stereocenters. The van der Waals surface area contributed by atoms with E-state index in [-0.39, 0.29) is 0 Å². The van der Waals surface area contributed by atoms with Crippen molar-refractivity contribution in [3.05, 3.63) is 64.2 Å². The van der Waals surface area contributed by atoms with Crippen LogP contribution in [0.4, 0.5) is 0 Å². The molecule has 1 aliphatic rings. The Morgan fingerprint density at radius 3 is 2.63 bits per heavy atom. The first kappa shape index (κ1) is 18.6. The maximum atomic E-state index is 6.47. The quantitative estimate of drug-likeness (QED) is 0.453. The molecule has 1 heterocycles. The number of rotatable bonds is 5. The first-order valence-electron chi connectivity index (χ1n) is 9.52. The second-order valence-electron chi connectivity index (χ2n) is 7.31. The predicted octanol–water partition coefficient (Wildman–Crippen LogP) is 6.62. The number of nitrogens with zero attached hydrogens (tertiary/aromatic N) is 3. The first-order valence-corrected chi connectivity index (χ1v) is 10.9. The average Bonchev–Trinajstić information content (AvgIpc) is 3.32. The van der Waals surface area contributed by atoms with Crippen molar-refractivity contribution < 1.29 is 0 Å². The summed E-state index contributed by atoms with van der Waals surface area (Å²) in [6.07, 6.45) is 4.91. The third-order valence-electron chi connectivity index (χ3n) is 5.33. The smallest absolute Gasteiger partial charge is 0.192 e. The molecule has 1 saturated carbocycles. The summed E-state index contributed by atoms with van der Waals surface area (Å²) in [5.74, 6) is 1.80. The van der Waals surface area contributed by atoms with Gasteiger partial charge in [0.05, 0.1) is 5.02 Å². The van der Waals surface area contributed by atoms with Crippen LogP contribution in [0.15, 0.2) is 47.6 Å². The van der Waals surface area contributed by atoms with Crippen molar-refractivity contribution in [1.82, 2.24) is 14.8 Å². The van der Waals surface area contributed by atoms with Crippen LogP contribution in [0.2, 0.25) is 5.02 Å². The second-order valence-corrected chi connectivity index (χ2v) is 8.66. The Bertz CT molecular complexity index is 944. The van der Waals surface area contributed by atoms with Gasteiger partial charge in [-0.3, -0.25) is 4.57 Å². The van der Waals surface area contributed by atoms with E-state index in [1.807, 2.05) is 24.3 Å². The second kappa shape index (κ2) is 8.07. The molecule has 0 saturated heterocycles. The zero-order valence-corrected chi connectivity index (χ0v) is 17.4. The fourth-order valence-electron chi connectivity index (χ4n) is 3.79. The highest BCUT2D eigenvalue weighted by molar-refractivity contribution is 7.98. The fourth-order valence-corrected chi connectivity index (χ4v) is 5.08. The van der Waals surface area contributed by atoms with Gasteiger partial charge in [0, 0.05) is 17.4 Å². The van der Waals surface area contributed by atoms with Crippen LogP contribution in [0.5, 0.6) is 0 Å². The molecule has 0 bridgehead atoms. The van der Waals surface area contributed by atoms with E-state index in [4.69, 9.17) is 11.6 Å². The van der Waals surface area contributed by atoms with Gasteiger partial charge in [-0.15, -0.1) is 10.2 Å². The molecule has 0 aliphatic heterocycles. The van der Waals surface area contributed by atoms with Crippen molar-refractivity contribution in [2.45, 2.75) is 56.5 Å². The van der Waals surface area contributed by atoms with Crippen LogP contribution in [0.1, 0.15) is 48.4 Å². The zero-order chi connectivity index (χ0) is 18.8. The van der Waals surface area contributed by atoms with E-state index in [0.29, 0.717) is 6.04 Å². The normalized spacial score (nSPS) is 14.8. The third kappa shape index (κ3) is 3.92. The molecule has 1 aromatic heterocycles. The lowest BCUT2D eigenvalue weighted by molar-refractivity contribution is 0.485. The van der Waals surface area contributed by atoms with Crippen LogP contribution < -0.4 is 0 Å². The van der Waals surface area contributed by atoms with Crippen LogP contribution >= 0.6 is 23.4 Å². The van der Waals surface area contributed by atoms with Crippen molar-refractivity contribution in [3.63, 3.8) is 0 Å². The van der Waals surface area contributed by atoms with E-state index in [0.717, 1.165) is 27.3 Å². The summed E-state index contributed by atoms with van der Waals surface area (Å²) in [5.41, 5.74) is 4.95. The molecule has 0 unspecified atom stereocenters. The van der Waals surface area contributed by atoms with E-state index in [1.165, 1.54) is 42.4 Å². The van der Waals surface area contributed by atoms with E-state index in [9.17, 15) is 0 Å². The van der Waals surface area contributed by atoms with Crippen molar-refractivity contribution in [1.29, 1.82) is 0 Å². The summed E-state index contributed by atoms with van der Waals surface area (Å²) in [6, 6.07) is 15.0. The van der Waals surface area contributed by atoms with E-state index < -0.39 is 0 Å². The number of hydrogen-bond acceptors (Lipinski definition) is 3. The lowest BCUT2D eigenvalue weighted by Gasteiger charge is -2.17. The maximum Gasteiger partial charge on any atom is 0.192 e. The Morgan fingerprint density at radius 1 is 1.07 bits per heavy atom. The average molecular weight is 398 g/mol. The van der Waals surface area contributed by atoms with E-state index >= 15 is 0 Å². The van der Waals surface area contributed by atoms with Crippen LogP contribution in [0, 0.1) is 13.8 Å². The predicted molar refractivity (Wildman–Crippen MR) is 113 cm³/mol. The molecule has 0 N–H and O–H groups in total. The summed E-state index contributed by atoms with van der Waals surface area (Å²) >= 11 is 8.25. The Hall–Kier alpha value is -1.78. The monoisotopic (exact) mass is 397 g/mol. The number of aromatic nitrogens is 3. The van der Waals surface area contributed by atoms with Gasteiger partial charge in [0.2, 0.25) is 0 Å². The number of thioether (sulfide) groups is 1. The van der Waals surface area contributed by atoms with Crippen LogP contribution in [0.25, 0.3) is 11.4 Å². The Balaban J connectivity index is 1.68. The van der Waals surface area contributed by atoms with E-state index in [1.54, 1.807) is 11.8 Å². The minimum absolute atomic E-state index is 0.465. The van der Waals surface area contributed by atoms with Crippen molar-refractivity contribution in [2.24, 2.45) is 0 Å². The topological polar surface area (TPSA) is 30.7 Å². The molecule has 4 rings (SSSR count). The molecule has 27 heavy (non-hydrogen) atoms. The van der Waals surface area contributed by atoms with Gasteiger partial charge in [-0.05, 0) is 49.9 Å². The molecule has 2 aromatic carbocycles. The van der Waals surface area contributed by atoms with Gasteiger partial charge in [0.25, 0.3) is 0 Å². The van der Waals surface area contributed by atoms with Crippen molar-refractivity contribution >= 4 is 23.4 Å². The Kier molecular flexibility index (Phi) is 5.55. The molecule has 3 aromatic rings. The SMILES string of the molecule is Cc1ccc(C)c(CSc2nnc(-c3ccccc3Cl)n2C2CCCC2)c1. The molecule has 5 heteroatoms. The molecule has 0 spiro atoms. The summed E-state index contributed by atoms with van der Waals surface area (Å²) in [5, 5.41) is 10.8. The number of halogens is 1. The molecule has 1 fully saturated rings. The number of hydrogen-bond donors (Lipinski definition) is 0. The summed E-state index contributed by atoms with van der Waals surface area (Å²) in [6.45, 7) is 4.32. The Labute approximate surface area is 170 Å². The van der Waals surface area contributed by atoms with Gasteiger partial charge in [-0.1, -0.05) is 72.1 Å². The summed E-state index contributed by atoms with van der Waals surface area (Å²) < 4.78 is 2.34. The van der Waals surface area contributed by atoms with Gasteiger partial charge >= 0.3 is 0 Å².